The molecule has 0 aromatic heterocycles. The Bertz CT molecular complexity index is 1820. The van der Waals surface area contributed by atoms with Crippen LogP contribution in [0, 0.1) is 23.7 Å². The second kappa shape index (κ2) is 62.6. The van der Waals surface area contributed by atoms with Crippen molar-refractivity contribution in [2.24, 2.45) is 23.7 Å². The fourth-order valence-corrected chi connectivity index (χ4v) is 12.6. The van der Waals surface area contributed by atoms with E-state index in [-0.39, 0.29) is 25.7 Å². The smallest absolute Gasteiger partial charge is 0.462 e. The zero-order valence-electron chi connectivity index (χ0n) is 60.2. The van der Waals surface area contributed by atoms with E-state index in [0.29, 0.717) is 31.6 Å². The third-order valence-corrected chi connectivity index (χ3v) is 19.1. The molecule has 0 amide bonds. The van der Waals surface area contributed by atoms with Crippen LogP contribution in [0.15, 0.2) is 0 Å². The van der Waals surface area contributed by atoms with Crippen molar-refractivity contribution in [3.63, 3.8) is 0 Å². The summed E-state index contributed by atoms with van der Waals surface area (Å²) in [6.07, 6.45) is 45.8. The number of ether oxygens (including phenoxy) is 4. The van der Waals surface area contributed by atoms with Crippen molar-refractivity contribution >= 4 is 39.5 Å². The van der Waals surface area contributed by atoms with Crippen molar-refractivity contribution in [2.75, 3.05) is 39.6 Å². The van der Waals surface area contributed by atoms with Gasteiger partial charge in [0.05, 0.1) is 26.4 Å². The lowest BCUT2D eigenvalue weighted by Crippen LogP contribution is -2.30. The predicted molar refractivity (Wildman–Crippen MR) is 372 cm³/mol. The molecule has 4 unspecified atom stereocenters. The lowest BCUT2D eigenvalue weighted by Gasteiger charge is -2.21. The van der Waals surface area contributed by atoms with E-state index in [1.54, 1.807) is 0 Å². The molecule has 0 rings (SSSR count). The molecule has 0 saturated carbocycles. The minimum Gasteiger partial charge on any atom is -0.462 e. The first-order valence-electron chi connectivity index (χ1n) is 37.7. The molecule has 0 aliphatic rings. The van der Waals surface area contributed by atoms with Gasteiger partial charge in [0.25, 0.3) is 0 Å². The number of phosphoric acid groups is 2. The summed E-state index contributed by atoms with van der Waals surface area (Å²) in [6, 6.07) is 0. The van der Waals surface area contributed by atoms with E-state index in [1.807, 2.05) is 0 Å². The first-order chi connectivity index (χ1) is 44.1. The number of carbonyl (C=O) groups is 4. The molecule has 0 bridgehead atoms. The maximum atomic E-state index is 13.0. The van der Waals surface area contributed by atoms with Crippen LogP contribution in [0.1, 0.15) is 364 Å². The fraction of sp³-hybridized carbons (Fsp3) is 0.945. The largest absolute Gasteiger partial charge is 0.472 e. The highest BCUT2D eigenvalue weighted by atomic mass is 31.2. The monoisotopic (exact) mass is 1350 g/mol. The van der Waals surface area contributed by atoms with Crippen molar-refractivity contribution in [3.05, 3.63) is 0 Å². The Morgan fingerprint density at radius 2 is 0.522 bits per heavy atom. The average Bonchev–Trinajstić information content (AvgIpc) is 3.66. The van der Waals surface area contributed by atoms with Crippen LogP contribution in [-0.4, -0.2) is 96.7 Å². The van der Waals surface area contributed by atoms with Gasteiger partial charge in [0, 0.05) is 25.7 Å². The molecular formula is C73H142O17P2. The third kappa shape index (κ3) is 65.4. The van der Waals surface area contributed by atoms with Crippen LogP contribution in [0.2, 0.25) is 0 Å². The molecular weight excluding hydrogens is 1210 g/mol. The van der Waals surface area contributed by atoms with E-state index in [1.165, 1.54) is 161 Å². The van der Waals surface area contributed by atoms with Gasteiger partial charge in [0.1, 0.15) is 19.3 Å². The number of rotatable bonds is 70. The molecule has 0 aliphatic carbocycles. The minimum absolute atomic E-state index is 0.105. The van der Waals surface area contributed by atoms with Gasteiger partial charge in [-0.1, -0.05) is 312 Å². The average molecular weight is 1350 g/mol. The van der Waals surface area contributed by atoms with Crippen LogP contribution in [0.5, 0.6) is 0 Å². The van der Waals surface area contributed by atoms with E-state index < -0.39 is 97.5 Å². The number of phosphoric ester groups is 2. The van der Waals surface area contributed by atoms with Crippen LogP contribution in [0.4, 0.5) is 0 Å². The van der Waals surface area contributed by atoms with Crippen molar-refractivity contribution in [2.45, 2.75) is 382 Å². The Balaban J connectivity index is 5.24. The summed E-state index contributed by atoms with van der Waals surface area (Å²) in [7, 11) is -9.91. The number of aliphatic hydroxyl groups excluding tert-OH is 1. The Kier molecular flexibility index (Phi) is 61.3. The fourth-order valence-electron chi connectivity index (χ4n) is 11.0. The molecule has 19 heteroatoms. The van der Waals surface area contributed by atoms with E-state index >= 15 is 0 Å². The molecule has 0 aromatic carbocycles. The molecule has 0 radical (unpaired) electrons. The summed E-state index contributed by atoms with van der Waals surface area (Å²) in [5, 5.41) is 10.6. The van der Waals surface area contributed by atoms with Gasteiger partial charge in [0.2, 0.25) is 0 Å². The van der Waals surface area contributed by atoms with E-state index in [9.17, 15) is 43.2 Å². The predicted octanol–water partition coefficient (Wildman–Crippen LogP) is 20.9. The molecule has 6 atom stereocenters. The summed E-state index contributed by atoms with van der Waals surface area (Å²) in [4.78, 5) is 72.7. The molecule has 546 valence electrons. The van der Waals surface area contributed by atoms with Crippen LogP contribution in [-0.2, 0) is 65.4 Å². The molecule has 0 spiro atoms. The maximum Gasteiger partial charge on any atom is 0.472 e. The topological polar surface area (TPSA) is 237 Å². The van der Waals surface area contributed by atoms with Crippen molar-refractivity contribution < 1.29 is 80.2 Å². The zero-order valence-corrected chi connectivity index (χ0v) is 62.0. The second-order valence-corrected chi connectivity index (χ2v) is 30.9. The highest BCUT2D eigenvalue weighted by Gasteiger charge is 2.30. The number of aliphatic hydroxyl groups is 1. The van der Waals surface area contributed by atoms with Gasteiger partial charge in [-0.3, -0.25) is 37.3 Å². The summed E-state index contributed by atoms with van der Waals surface area (Å²) < 4.78 is 68.4. The molecule has 92 heavy (non-hydrogen) atoms. The Labute approximate surface area is 562 Å². The molecule has 3 N–H and O–H groups in total. The van der Waals surface area contributed by atoms with Gasteiger partial charge < -0.3 is 33.8 Å². The summed E-state index contributed by atoms with van der Waals surface area (Å²) >= 11 is 0. The van der Waals surface area contributed by atoms with Gasteiger partial charge in [-0.15, -0.1) is 0 Å². The summed E-state index contributed by atoms with van der Waals surface area (Å²) in [5.74, 6) is 0.899. The minimum atomic E-state index is -4.96. The van der Waals surface area contributed by atoms with E-state index in [2.05, 4.69) is 55.4 Å². The number of esters is 4. The number of unbranched alkanes of at least 4 members (excludes halogenated alkanes) is 35. The SMILES string of the molecule is CCC(C)CCCCCCCCCCC(=O)O[C@H](COC(=O)CCCCCCCCCCCCCCCCC(C)C)COP(=O)(O)OCC(O)COP(=O)(O)OC[C@@H](COC(=O)CCCCCCCCCC(C)C)OC(=O)CCCCCCCCCCCCC(C)C. The van der Waals surface area contributed by atoms with Crippen LogP contribution in [0.25, 0.3) is 0 Å². The lowest BCUT2D eigenvalue weighted by molar-refractivity contribution is -0.161. The molecule has 0 aliphatic heterocycles. The number of hydrogen-bond donors (Lipinski definition) is 3. The van der Waals surface area contributed by atoms with Crippen molar-refractivity contribution in [3.8, 4) is 0 Å². The summed E-state index contributed by atoms with van der Waals surface area (Å²) in [5.41, 5.74) is 0. The van der Waals surface area contributed by atoms with E-state index in [4.69, 9.17) is 37.0 Å². The second-order valence-electron chi connectivity index (χ2n) is 28.0. The normalized spacial score (nSPS) is 14.5. The summed E-state index contributed by atoms with van der Waals surface area (Å²) in [6.45, 7) is 14.1. The van der Waals surface area contributed by atoms with Gasteiger partial charge in [-0.05, 0) is 49.4 Å². The number of carbonyl (C=O) groups excluding carboxylic acids is 4. The molecule has 17 nitrogen and oxygen atoms in total. The third-order valence-electron chi connectivity index (χ3n) is 17.2. The molecule has 0 aromatic rings. The lowest BCUT2D eigenvalue weighted by atomic mass is 9.99. The zero-order chi connectivity index (χ0) is 68.2. The van der Waals surface area contributed by atoms with Crippen LogP contribution < -0.4 is 0 Å². The highest BCUT2D eigenvalue weighted by molar-refractivity contribution is 7.47. The molecule has 0 saturated heterocycles. The number of hydrogen-bond acceptors (Lipinski definition) is 15. The van der Waals surface area contributed by atoms with E-state index in [0.717, 1.165) is 114 Å². The Morgan fingerprint density at radius 1 is 0.304 bits per heavy atom. The Morgan fingerprint density at radius 3 is 0.772 bits per heavy atom. The van der Waals surface area contributed by atoms with Gasteiger partial charge in [0.15, 0.2) is 12.2 Å². The van der Waals surface area contributed by atoms with Gasteiger partial charge in [-0.2, -0.15) is 0 Å². The molecule has 0 fully saturated rings. The first kappa shape index (κ1) is 90.1. The van der Waals surface area contributed by atoms with Crippen LogP contribution >= 0.6 is 15.6 Å². The standard InChI is InChI=1S/C73H142O17P2/c1-9-66(8)52-44-36-28-22-23-31-40-48-56-73(78)90-68(59-83-70(75)53-45-37-29-20-15-13-11-10-12-14-18-25-33-41-49-63(2)3)61-87-91(79,80)85-57-67(74)58-86-92(81,82)88-62-69(60-84-71(76)54-46-38-32-24-27-35-43-51-65(6)7)89-72(77)55-47-39-30-21-17-16-19-26-34-42-50-64(4)5/h63-69,74H,9-62H2,1-8H3,(H,79,80)(H,81,82)/t66?,67?,68-,69-/m1/s1. The van der Waals surface area contributed by atoms with Crippen molar-refractivity contribution in [1.29, 1.82) is 0 Å². The van der Waals surface area contributed by atoms with Crippen LogP contribution in [0.3, 0.4) is 0 Å². The van der Waals surface area contributed by atoms with Crippen molar-refractivity contribution in [1.82, 2.24) is 0 Å². The quantitative estimate of drug-likeness (QED) is 0.0222. The maximum absolute atomic E-state index is 13.0. The highest BCUT2D eigenvalue weighted by Crippen LogP contribution is 2.45. The first-order valence-corrected chi connectivity index (χ1v) is 40.7. The van der Waals surface area contributed by atoms with Gasteiger partial charge >= 0.3 is 39.5 Å². The molecule has 0 heterocycles. The Hall–Kier alpha value is -1.94. The van der Waals surface area contributed by atoms with Gasteiger partial charge in [-0.25, -0.2) is 9.13 Å².